The smallest absolute Gasteiger partial charge is 0.408 e. The fourth-order valence-electron chi connectivity index (χ4n) is 6.28. The predicted molar refractivity (Wildman–Crippen MR) is 175 cm³/mol. The molecule has 2 unspecified atom stereocenters. The van der Waals surface area contributed by atoms with Gasteiger partial charge in [0.2, 0.25) is 0 Å². The molecule has 2 saturated heterocycles. The van der Waals surface area contributed by atoms with Crippen molar-refractivity contribution in [1.29, 1.82) is 0 Å². The number of benzene rings is 1. The van der Waals surface area contributed by atoms with Crippen LogP contribution in [0.4, 0.5) is 9.59 Å². The number of nitrogens with zero attached hydrogens (tertiary/aromatic N) is 1. The Morgan fingerprint density at radius 1 is 1.02 bits per heavy atom. The van der Waals surface area contributed by atoms with Crippen molar-refractivity contribution in [3.63, 3.8) is 0 Å². The standard InChI is InChI=1S/C35H53N3O9/c1-5-26-20-28(47-38-26)15-14-27-21-30(44-34(41)37-31(32(39)42-6-2)19-25-11-8-7-9-12-25)22-35(45-27)17-10-13-29(46-35)23-43-33(40)36-18-16-24(3)4/h7-9,11-12,24,27-31H,5-6,10,13-23H2,1-4H3,(H,36,40)(H,37,41)/t27-,28?,29-,30-,31?,35+/m1/s1. The summed E-state index contributed by atoms with van der Waals surface area (Å²) in [4.78, 5) is 43.9. The van der Waals surface area contributed by atoms with E-state index in [-0.39, 0.29) is 37.9 Å². The fraction of sp³-hybridized carbons (Fsp3) is 0.714. The maximum atomic E-state index is 13.3. The molecule has 1 spiro atoms. The van der Waals surface area contributed by atoms with Gasteiger partial charge in [-0.05, 0) is 56.9 Å². The highest BCUT2D eigenvalue weighted by Gasteiger charge is 2.47. The molecule has 3 heterocycles. The van der Waals surface area contributed by atoms with E-state index in [1.54, 1.807) is 6.92 Å². The van der Waals surface area contributed by atoms with E-state index in [1.165, 1.54) is 0 Å². The molecule has 0 radical (unpaired) electrons. The number of hydrogen-bond donors (Lipinski definition) is 2. The molecule has 2 fully saturated rings. The van der Waals surface area contributed by atoms with Gasteiger partial charge in [0.25, 0.3) is 0 Å². The molecule has 6 atom stereocenters. The zero-order chi connectivity index (χ0) is 33.6. The Morgan fingerprint density at radius 3 is 2.51 bits per heavy atom. The summed E-state index contributed by atoms with van der Waals surface area (Å²) in [5, 5.41) is 9.71. The van der Waals surface area contributed by atoms with Crippen LogP contribution in [0.5, 0.6) is 0 Å². The van der Waals surface area contributed by atoms with Crippen LogP contribution in [0.25, 0.3) is 0 Å². The molecule has 0 saturated carbocycles. The summed E-state index contributed by atoms with van der Waals surface area (Å²) >= 11 is 0. The number of alkyl carbamates (subject to hydrolysis) is 2. The first-order chi connectivity index (χ1) is 22.7. The van der Waals surface area contributed by atoms with Crippen molar-refractivity contribution in [2.24, 2.45) is 11.1 Å². The molecule has 2 amide bonds. The Kier molecular flexibility index (Phi) is 14.1. The Hall–Kier alpha value is -3.38. The molecule has 262 valence electrons. The Labute approximate surface area is 278 Å². The van der Waals surface area contributed by atoms with Crippen molar-refractivity contribution in [1.82, 2.24) is 10.6 Å². The van der Waals surface area contributed by atoms with Gasteiger partial charge in [0.15, 0.2) is 5.79 Å². The third-order valence-corrected chi connectivity index (χ3v) is 8.73. The summed E-state index contributed by atoms with van der Waals surface area (Å²) in [6, 6.07) is 8.54. The summed E-state index contributed by atoms with van der Waals surface area (Å²) < 4.78 is 29.9. The highest BCUT2D eigenvalue weighted by Crippen LogP contribution is 2.41. The quantitative estimate of drug-likeness (QED) is 0.176. The van der Waals surface area contributed by atoms with Crippen LogP contribution in [-0.4, -0.2) is 79.9 Å². The molecule has 47 heavy (non-hydrogen) atoms. The van der Waals surface area contributed by atoms with E-state index in [9.17, 15) is 14.4 Å². The van der Waals surface area contributed by atoms with Crippen molar-refractivity contribution >= 4 is 23.9 Å². The lowest BCUT2D eigenvalue weighted by atomic mass is 9.89. The van der Waals surface area contributed by atoms with Gasteiger partial charge in [-0.1, -0.05) is 56.3 Å². The molecular weight excluding hydrogens is 606 g/mol. The molecule has 0 aromatic heterocycles. The van der Waals surface area contributed by atoms with E-state index in [2.05, 4.69) is 36.6 Å². The van der Waals surface area contributed by atoms with Crippen LogP contribution in [0.3, 0.4) is 0 Å². The number of ether oxygens (including phenoxy) is 5. The molecule has 2 N–H and O–H groups in total. The number of nitrogens with one attached hydrogen (secondary N) is 2. The zero-order valence-corrected chi connectivity index (χ0v) is 28.4. The molecule has 1 aromatic rings. The SMILES string of the molecule is CCOC(=O)C(Cc1ccccc1)NC(=O)O[C@@H]1C[C@@H](CCC2CC(CC)=NO2)O[C@]2(CCC[C@H](COC(=O)NCCC(C)C)O2)C1. The van der Waals surface area contributed by atoms with Gasteiger partial charge in [-0.2, -0.15) is 0 Å². The van der Waals surface area contributed by atoms with Crippen molar-refractivity contribution < 1.29 is 42.9 Å². The lowest BCUT2D eigenvalue weighted by Gasteiger charge is -2.48. The molecule has 12 heteroatoms. The minimum atomic E-state index is -1.000. The second-order valence-corrected chi connectivity index (χ2v) is 13.1. The third kappa shape index (κ3) is 12.0. The summed E-state index contributed by atoms with van der Waals surface area (Å²) in [6.45, 7) is 8.83. The van der Waals surface area contributed by atoms with E-state index in [4.69, 9.17) is 28.5 Å². The minimum Gasteiger partial charge on any atom is -0.464 e. The van der Waals surface area contributed by atoms with Gasteiger partial charge in [-0.15, -0.1) is 0 Å². The second-order valence-electron chi connectivity index (χ2n) is 13.1. The zero-order valence-electron chi connectivity index (χ0n) is 28.4. The number of carbonyl (C=O) groups excluding carboxylic acids is 3. The molecule has 4 rings (SSSR count). The Morgan fingerprint density at radius 2 is 1.79 bits per heavy atom. The van der Waals surface area contributed by atoms with Crippen molar-refractivity contribution in [2.45, 2.75) is 135 Å². The summed E-state index contributed by atoms with van der Waals surface area (Å²) in [5.41, 5.74) is 1.94. The van der Waals surface area contributed by atoms with Gasteiger partial charge in [0, 0.05) is 38.6 Å². The molecule has 3 aliphatic rings. The number of esters is 1. The van der Waals surface area contributed by atoms with Crippen LogP contribution in [0, 0.1) is 5.92 Å². The first-order valence-electron chi connectivity index (χ1n) is 17.3. The van der Waals surface area contributed by atoms with E-state index >= 15 is 0 Å². The monoisotopic (exact) mass is 659 g/mol. The maximum absolute atomic E-state index is 13.3. The molecule has 12 nitrogen and oxygen atoms in total. The topological polar surface area (TPSA) is 143 Å². The van der Waals surface area contributed by atoms with Gasteiger partial charge in [-0.25, -0.2) is 14.4 Å². The lowest BCUT2D eigenvalue weighted by molar-refractivity contribution is -0.330. The number of amides is 2. The molecule has 0 bridgehead atoms. The molecule has 0 aliphatic carbocycles. The molecular formula is C35H53N3O9. The average Bonchev–Trinajstić information content (AvgIpc) is 3.51. The average molecular weight is 660 g/mol. The number of oxime groups is 1. The summed E-state index contributed by atoms with van der Waals surface area (Å²) in [6.07, 6.45) is 4.78. The van der Waals surface area contributed by atoms with Crippen LogP contribution in [-0.2, 0) is 39.7 Å². The Balaban J connectivity index is 1.39. The van der Waals surface area contributed by atoms with Gasteiger partial charge >= 0.3 is 18.2 Å². The Bertz CT molecular complexity index is 1180. The first-order valence-corrected chi connectivity index (χ1v) is 17.3. The van der Waals surface area contributed by atoms with Gasteiger partial charge in [0.1, 0.15) is 24.9 Å². The van der Waals surface area contributed by atoms with E-state index in [1.807, 2.05) is 30.3 Å². The van der Waals surface area contributed by atoms with Gasteiger partial charge < -0.3 is 39.2 Å². The normalized spacial score (nSPS) is 26.2. The number of rotatable bonds is 15. The van der Waals surface area contributed by atoms with Gasteiger partial charge in [0.05, 0.1) is 24.5 Å². The van der Waals surface area contributed by atoms with Crippen LogP contribution >= 0.6 is 0 Å². The van der Waals surface area contributed by atoms with Crippen molar-refractivity contribution in [3.8, 4) is 0 Å². The van der Waals surface area contributed by atoms with Crippen LogP contribution in [0.2, 0.25) is 0 Å². The fourth-order valence-corrected chi connectivity index (χ4v) is 6.28. The second kappa shape index (κ2) is 18.2. The maximum Gasteiger partial charge on any atom is 0.408 e. The van der Waals surface area contributed by atoms with E-state index < -0.39 is 36.1 Å². The number of hydrogen-bond acceptors (Lipinski definition) is 10. The van der Waals surface area contributed by atoms with Crippen LogP contribution < -0.4 is 10.6 Å². The largest absolute Gasteiger partial charge is 0.464 e. The van der Waals surface area contributed by atoms with Crippen LogP contribution in [0.15, 0.2) is 35.5 Å². The highest BCUT2D eigenvalue weighted by atomic mass is 16.7. The van der Waals surface area contributed by atoms with Gasteiger partial charge in [-0.3, -0.25) is 0 Å². The first kappa shape index (κ1) is 36.5. The number of carbonyl (C=O) groups is 3. The third-order valence-electron chi connectivity index (χ3n) is 8.73. The van der Waals surface area contributed by atoms with Crippen molar-refractivity contribution in [3.05, 3.63) is 35.9 Å². The molecule has 1 aromatic carbocycles. The lowest BCUT2D eigenvalue weighted by Crippen LogP contribution is -2.54. The summed E-state index contributed by atoms with van der Waals surface area (Å²) in [5.74, 6) is -1.04. The van der Waals surface area contributed by atoms with E-state index in [0.717, 1.165) is 49.8 Å². The molecule has 3 aliphatic heterocycles. The van der Waals surface area contributed by atoms with Crippen LogP contribution in [0.1, 0.15) is 97.5 Å². The highest BCUT2D eigenvalue weighted by molar-refractivity contribution is 5.85. The predicted octanol–water partition coefficient (Wildman–Crippen LogP) is 5.81. The minimum absolute atomic E-state index is 0.0138. The van der Waals surface area contributed by atoms with E-state index in [0.29, 0.717) is 38.1 Å². The van der Waals surface area contributed by atoms with Crippen molar-refractivity contribution in [2.75, 3.05) is 19.8 Å². The summed E-state index contributed by atoms with van der Waals surface area (Å²) in [7, 11) is 0.